The first kappa shape index (κ1) is 9.52. The topological polar surface area (TPSA) is 56.2 Å². The fourth-order valence-corrected chi connectivity index (χ4v) is 1.50. The fraction of sp³-hybridized carbons (Fsp3) is 0.0833. The van der Waals surface area contributed by atoms with E-state index in [0.717, 1.165) is 11.1 Å². The average molecular weight is 201 g/mol. The quantitative estimate of drug-likeness (QED) is 0.770. The highest BCUT2D eigenvalue weighted by Crippen LogP contribution is 2.28. The molecule has 1 aliphatic carbocycles. The Labute approximate surface area is 87.2 Å². The SMILES string of the molecule is C=C(C)c1ccc(=O)c2ccc(N)oc1-2. The standard InChI is InChI=1S/C12H11NO2/c1-7(2)8-3-5-10(14)9-4-6-11(13)15-12(8)9/h3-6H,1,13H2,2H3. The van der Waals surface area contributed by atoms with Crippen molar-refractivity contribution in [1.82, 2.24) is 0 Å². The maximum atomic E-state index is 11.5. The van der Waals surface area contributed by atoms with Gasteiger partial charge in [-0.25, -0.2) is 0 Å². The van der Waals surface area contributed by atoms with Gasteiger partial charge in [-0.15, -0.1) is 0 Å². The number of nitrogens with two attached hydrogens (primary N) is 1. The van der Waals surface area contributed by atoms with E-state index < -0.39 is 0 Å². The van der Waals surface area contributed by atoms with Crippen molar-refractivity contribution >= 4 is 11.5 Å². The molecular formula is C12H11NO2. The van der Waals surface area contributed by atoms with Crippen LogP contribution < -0.4 is 11.2 Å². The van der Waals surface area contributed by atoms with Crippen LogP contribution in [-0.4, -0.2) is 0 Å². The van der Waals surface area contributed by atoms with Crippen molar-refractivity contribution in [3.63, 3.8) is 0 Å². The van der Waals surface area contributed by atoms with Gasteiger partial charge in [0, 0.05) is 5.56 Å². The molecule has 0 aromatic carbocycles. The van der Waals surface area contributed by atoms with Gasteiger partial charge in [0.2, 0.25) is 0 Å². The van der Waals surface area contributed by atoms with Gasteiger partial charge in [-0.2, -0.15) is 0 Å². The number of fused-ring (bicyclic) bond motifs is 1. The lowest BCUT2D eigenvalue weighted by Gasteiger charge is -2.09. The lowest BCUT2D eigenvalue weighted by molar-refractivity contribution is 0.584. The predicted molar refractivity (Wildman–Crippen MR) is 60.7 cm³/mol. The highest BCUT2D eigenvalue weighted by Gasteiger charge is 2.14. The van der Waals surface area contributed by atoms with Crippen molar-refractivity contribution in [2.24, 2.45) is 0 Å². The van der Waals surface area contributed by atoms with Gasteiger partial charge in [0.1, 0.15) is 5.76 Å². The molecule has 0 saturated carbocycles. The molecule has 3 nitrogen and oxygen atoms in total. The Morgan fingerprint density at radius 3 is 2.73 bits per heavy atom. The van der Waals surface area contributed by atoms with Crippen molar-refractivity contribution in [3.8, 4) is 11.3 Å². The van der Waals surface area contributed by atoms with E-state index in [1.54, 1.807) is 18.2 Å². The van der Waals surface area contributed by atoms with Crippen molar-refractivity contribution in [2.45, 2.75) is 6.92 Å². The minimum Gasteiger partial charge on any atom is -0.440 e. The maximum absolute atomic E-state index is 11.5. The van der Waals surface area contributed by atoms with Crippen LogP contribution in [0.2, 0.25) is 0 Å². The third-order valence-electron chi connectivity index (χ3n) is 2.25. The predicted octanol–water partition coefficient (Wildman–Crippen LogP) is 2.36. The van der Waals surface area contributed by atoms with E-state index in [1.807, 2.05) is 6.92 Å². The number of rotatable bonds is 1. The minimum absolute atomic E-state index is 0.0706. The summed E-state index contributed by atoms with van der Waals surface area (Å²) in [6.45, 7) is 5.69. The number of benzene rings is 1. The molecule has 0 radical (unpaired) electrons. The average Bonchev–Trinajstić information content (AvgIpc) is 2.17. The lowest BCUT2D eigenvalue weighted by Crippen LogP contribution is -2.06. The van der Waals surface area contributed by atoms with Crippen molar-refractivity contribution in [1.29, 1.82) is 0 Å². The van der Waals surface area contributed by atoms with Crippen molar-refractivity contribution in [3.05, 3.63) is 46.6 Å². The number of nitrogen functional groups attached to an aromatic ring is 1. The van der Waals surface area contributed by atoms with Gasteiger partial charge in [0.15, 0.2) is 11.3 Å². The first-order valence-corrected chi connectivity index (χ1v) is 4.58. The molecule has 0 atom stereocenters. The highest BCUT2D eigenvalue weighted by atomic mass is 16.3. The van der Waals surface area contributed by atoms with Crippen LogP contribution in [0, 0.1) is 0 Å². The molecule has 0 bridgehead atoms. The van der Waals surface area contributed by atoms with Crippen LogP contribution in [-0.2, 0) is 0 Å². The number of allylic oxidation sites excluding steroid dienone is 1. The third kappa shape index (κ3) is 1.52. The molecule has 0 amide bonds. The van der Waals surface area contributed by atoms with Gasteiger partial charge >= 0.3 is 0 Å². The number of hydrogen-bond acceptors (Lipinski definition) is 3. The molecule has 1 aliphatic heterocycles. The highest BCUT2D eigenvalue weighted by molar-refractivity contribution is 5.77. The summed E-state index contributed by atoms with van der Waals surface area (Å²) in [6.07, 6.45) is 0. The normalized spacial score (nSPS) is 10.5. The molecule has 0 saturated heterocycles. The van der Waals surface area contributed by atoms with E-state index in [9.17, 15) is 4.79 Å². The van der Waals surface area contributed by atoms with Gasteiger partial charge in [-0.3, -0.25) is 4.79 Å². The van der Waals surface area contributed by atoms with Crippen LogP contribution in [0.4, 0.5) is 5.88 Å². The van der Waals surface area contributed by atoms with Gasteiger partial charge in [0.25, 0.3) is 0 Å². The summed E-state index contributed by atoms with van der Waals surface area (Å²) in [5, 5.41) is 0. The Kier molecular flexibility index (Phi) is 2.08. The molecule has 2 N–H and O–H groups in total. The van der Waals surface area contributed by atoms with Gasteiger partial charge in [0.05, 0.1) is 5.56 Å². The molecule has 3 heteroatoms. The Morgan fingerprint density at radius 1 is 1.33 bits per heavy atom. The van der Waals surface area contributed by atoms with E-state index in [0.29, 0.717) is 11.3 Å². The summed E-state index contributed by atoms with van der Waals surface area (Å²) in [7, 11) is 0. The lowest BCUT2D eigenvalue weighted by atomic mass is 10.0. The summed E-state index contributed by atoms with van der Waals surface area (Å²) >= 11 is 0. The molecule has 0 fully saturated rings. The minimum atomic E-state index is -0.0706. The zero-order valence-corrected chi connectivity index (χ0v) is 8.41. The second-order valence-electron chi connectivity index (χ2n) is 3.47. The van der Waals surface area contributed by atoms with Crippen molar-refractivity contribution < 1.29 is 4.42 Å². The molecule has 15 heavy (non-hydrogen) atoms. The summed E-state index contributed by atoms with van der Waals surface area (Å²) in [6, 6.07) is 6.46. The second-order valence-corrected chi connectivity index (χ2v) is 3.47. The maximum Gasteiger partial charge on any atom is 0.190 e. The number of hydrogen-bond donors (Lipinski definition) is 1. The Balaban J connectivity index is 2.88. The van der Waals surface area contributed by atoms with Crippen LogP contribution in [0.5, 0.6) is 0 Å². The summed E-state index contributed by atoms with van der Waals surface area (Å²) < 4.78 is 5.35. The zero-order chi connectivity index (χ0) is 11.0. The zero-order valence-electron chi connectivity index (χ0n) is 8.41. The largest absolute Gasteiger partial charge is 0.440 e. The fourth-order valence-electron chi connectivity index (χ4n) is 1.50. The van der Waals surface area contributed by atoms with Crippen LogP contribution >= 0.6 is 0 Å². The Bertz CT molecular complexity index is 554. The molecule has 0 aromatic rings. The Morgan fingerprint density at radius 2 is 2.07 bits per heavy atom. The van der Waals surface area contributed by atoms with Gasteiger partial charge in [-0.1, -0.05) is 6.58 Å². The third-order valence-corrected chi connectivity index (χ3v) is 2.25. The summed E-state index contributed by atoms with van der Waals surface area (Å²) in [4.78, 5) is 11.5. The molecule has 0 unspecified atom stereocenters. The van der Waals surface area contributed by atoms with Gasteiger partial charge in [-0.05, 0) is 36.8 Å². The monoisotopic (exact) mass is 201 g/mol. The molecule has 76 valence electrons. The molecule has 2 aliphatic rings. The summed E-state index contributed by atoms with van der Waals surface area (Å²) in [5.41, 5.74) is 7.66. The van der Waals surface area contributed by atoms with E-state index in [1.165, 1.54) is 6.07 Å². The van der Waals surface area contributed by atoms with E-state index in [2.05, 4.69) is 6.58 Å². The first-order chi connectivity index (χ1) is 7.09. The van der Waals surface area contributed by atoms with E-state index >= 15 is 0 Å². The van der Waals surface area contributed by atoms with Crippen molar-refractivity contribution in [2.75, 3.05) is 5.73 Å². The smallest absolute Gasteiger partial charge is 0.190 e. The van der Waals surface area contributed by atoms with Crippen LogP contribution in [0.15, 0.2) is 40.1 Å². The van der Waals surface area contributed by atoms with Crippen LogP contribution in [0.3, 0.4) is 0 Å². The first-order valence-electron chi connectivity index (χ1n) is 4.58. The second kappa shape index (κ2) is 3.28. The molecule has 1 heterocycles. The molecular weight excluding hydrogens is 190 g/mol. The van der Waals surface area contributed by atoms with Crippen LogP contribution in [0.25, 0.3) is 16.9 Å². The number of anilines is 1. The van der Waals surface area contributed by atoms with Gasteiger partial charge < -0.3 is 10.2 Å². The van der Waals surface area contributed by atoms with E-state index in [-0.39, 0.29) is 11.3 Å². The molecule has 0 spiro atoms. The molecule has 2 rings (SSSR count). The summed E-state index contributed by atoms with van der Waals surface area (Å²) in [5.74, 6) is 0.797. The van der Waals surface area contributed by atoms with E-state index in [4.69, 9.17) is 10.2 Å². The Hall–Kier alpha value is -2.03. The van der Waals surface area contributed by atoms with Crippen LogP contribution in [0.1, 0.15) is 12.5 Å². The molecule has 0 aromatic heterocycles.